The van der Waals surface area contributed by atoms with Crippen molar-refractivity contribution in [3.63, 3.8) is 0 Å². The summed E-state index contributed by atoms with van der Waals surface area (Å²) in [6.45, 7) is 6.99. The molecule has 136 valence electrons. The lowest BCUT2D eigenvalue weighted by atomic mass is 10.2. The molecule has 0 bridgehead atoms. The van der Waals surface area contributed by atoms with E-state index in [0.29, 0.717) is 0 Å². The first-order valence-corrected chi connectivity index (χ1v) is 9.04. The van der Waals surface area contributed by atoms with E-state index >= 15 is 0 Å². The number of nitrogens with zero attached hydrogens (tertiary/aromatic N) is 6. The van der Waals surface area contributed by atoms with Crippen LogP contribution in [0.3, 0.4) is 0 Å². The van der Waals surface area contributed by atoms with E-state index in [-0.39, 0.29) is 24.4 Å². The van der Waals surface area contributed by atoms with Gasteiger partial charge in [-0.2, -0.15) is 0 Å². The van der Waals surface area contributed by atoms with Gasteiger partial charge in [0.15, 0.2) is 5.82 Å². The van der Waals surface area contributed by atoms with Crippen LogP contribution in [0.5, 0.6) is 0 Å². The van der Waals surface area contributed by atoms with E-state index in [0.717, 1.165) is 42.1 Å². The summed E-state index contributed by atoms with van der Waals surface area (Å²) in [5.41, 5.74) is 3.14. The summed E-state index contributed by atoms with van der Waals surface area (Å²) in [6.07, 6.45) is 1.89. The highest BCUT2D eigenvalue weighted by Gasteiger charge is 2.32. The van der Waals surface area contributed by atoms with Gasteiger partial charge < -0.3 is 9.88 Å². The molecule has 2 aromatic heterocycles. The van der Waals surface area contributed by atoms with Crippen LogP contribution in [-0.4, -0.2) is 47.5 Å². The topological polar surface area (TPSA) is 92.6 Å². The lowest BCUT2D eigenvalue weighted by Crippen LogP contribution is -2.34. The van der Waals surface area contributed by atoms with Gasteiger partial charge in [0.05, 0.1) is 17.1 Å². The molecule has 1 saturated heterocycles. The number of fused-ring (bicyclic) bond motifs is 1. The maximum Gasteiger partial charge on any atom is 0.245 e. The minimum Gasteiger partial charge on any atom is -0.340 e. The average Bonchev–Trinajstić information content (AvgIpc) is 3.32. The van der Waals surface area contributed by atoms with Crippen LogP contribution in [0.25, 0.3) is 11.0 Å². The number of likely N-dealkylation sites (tertiary alicyclic amines) is 1. The van der Waals surface area contributed by atoms with Crippen molar-refractivity contribution >= 4 is 16.9 Å². The van der Waals surface area contributed by atoms with Gasteiger partial charge >= 0.3 is 0 Å². The molecule has 26 heavy (non-hydrogen) atoms. The van der Waals surface area contributed by atoms with Gasteiger partial charge in [-0.3, -0.25) is 4.79 Å². The van der Waals surface area contributed by atoms with Gasteiger partial charge in [-0.1, -0.05) is 19.9 Å². The molecule has 1 aliphatic heterocycles. The highest BCUT2D eigenvalue weighted by Crippen LogP contribution is 2.31. The number of tetrazole rings is 1. The molecule has 0 spiro atoms. The minimum absolute atomic E-state index is 0.0193. The largest absolute Gasteiger partial charge is 0.340 e. The lowest BCUT2D eigenvalue weighted by Gasteiger charge is -2.23. The van der Waals surface area contributed by atoms with Crippen molar-refractivity contribution in [2.24, 2.45) is 0 Å². The predicted octanol–water partition coefficient (Wildman–Crippen LogP) is 2.34. The Balaban J connectivity index is 1.57. The Morgan fingerprint density at radius 3 is 3.04 bits per heavy atom. The van der Waals surface area contributed by atoms with Crippen LogP contribution in [0.2, 0.25) is 0 Å². The Kier molecular flexibility index (Phi) is 4.18. The number of H-pyrrole nitrogens is 1. The van der Waals surface area contributed by atoms with Crippen LogP contribution < -0.4 is 0 Å². The number of aromatic nitrogens is 6. The van der Waals surface area contributed by atoms with Crippen molar-refractivity contribution < 1.29 is 4.79 Å². The van der Waals surface area contributed by atoms with Gasteiger partial charge in [0, 0.05) is 12.5 Å². The Bertz CT molecular complexity index is 942. The smallest absolute Gasteiger partial charge is 0.245 e. The summed E-state index contributed by atoms with van der Waals surface area (Å²) in [4.78, 5) is 22.9. The summed E-state index contributed by atoms with van der Waals surface area (Å²) in [5.74, 6) is 1.79. The highest BCUT2D eigenvalue weighted by atomic mass is 16.2. The third-order valence-electron chi connectivity index (χ3n) is 4.91. The maximum absolute atomic E-state index is 12.9. The van der Waals surface area contributed by atoms with Crippen LogP contribution in [0.15, 0.2) is 18.2 Å². The van der Waals surface area contributed by atoms with Crippen LogP contribution in [0.4, 0.5) is 0 Å². The molecule has 1 unspecified atom stereocenters. The molecule has 1 atom stereocenters. The van der Waals surface area contributed by atoms with E-state index in [4.69, 9.17) is 4.98 Å². The number of rotatable bonds is 4. The van der Waals surface area contributed by atoms with E-state index in [2.05, 4.69) is 39.6 Å². The SMILES string of the molecule is Cc1ccc2nc(C3CCCN3C(=O)Cn3nnnc3C(C)C)[nH]c2c1. The molecule has 1 aliphatic rings. The van der Waals surface area contributed by atoms with Gasteiger partial charge in [-0.25, -0.2) is 9.67 Å². The molecule has 0 aliphatic carbocycles. The van der Waals surface area contributed by atoms with Crippen molar-refractivity contribution in [3.8, 4) is 0 Å². The average molecular weight is 353 g/mol. The summed E-state index contributed by atoms with van der Waals surface area (Å²) >= 11 is 0. The van der Waals surface area contributed by atoms with Crippen molar-refractivity contribution in [1.82, 2.24) is 35.1 Å². The Morgan fingerprint density at radius 2 is 2.23 bits per heavy atom. The first kappa shape index (κ1) is 16.7. The fourth-order valence-corrected chi connectivity index (χ4v) is 3.61. The molecule has 4 rings (SSSR count). The quantitative estimate of drug-likeness (QED) is 0.777. The number of carbonyl (C=O) groups excluding carboxylic acids is 1. The Labute approximate surface area is 151 Å². The van der Waals surface area contributed by atoms with Crippen LogP contribution >= 0.6 is 0 Å². The van der Waals surface area contributed by atoms with E-state index in [1.54, 1.807) is 4.68 Å². The Morgan fingerprint density at radius 1 is 1.38 bits per heavy atom. The van der Waals surface area contributed by atoms with Gasteiger partial charge in [-0.15, -0.1) is 5.10 Å². The van der Waals surface area contributed by atoms with Crippen LogP contribution in [0.1, 0.15) is 55.9 Å². The molecule has 8 nitrogen and oxygen atoms in total. The monoisotopic (exact) mass is 353 g/mol. The molecule has 1 aromatic carbocycles. The van der Waals surface area contributed by atoms with E-state index in [1.807, 2.05) is 24.8 Å². The van der Waals surface area contributed by atoms with Crippen molar-refractivity contribution in [2.45, 2.75) is 52.1 Å². The summed E-state index contributed by atoms with van der Waals surface area (Å²) in [7, 11) is 0. The molecule has 3 heterocycles. The number of benzene rings is 1. The maximum atomic E-state index is 12.9. The van der Waals surface area contributed by atoms with E-state index in [1.165, 1.54) is 5.56 Å². The van der Waals surface area contributed by atoms with Gasteiger partial charge in [0.2, 0.25) is 5.91 Å². The first-order valence-electron chi connectivity index (χ1n) is 9.04. The van der Waals surface area contributed by atoms with Gasteiger partial charge in [0.1, 0.15) is 12.4 Å². The molecular weight excluding hydrogens is 330 g/mol. The van der Waals surface area contributed by atoms with Crippen LogP contribution in [-0.2, 0) is 11.3 Å². The summed E-state index contributed by atoms with van der Waals surface area (Å²) in [6, 6.07) is 6.13. The zero-order valence-electron chi connectivity index (χ0n) is 15.3. The van der Waals surface area contributed by atoms with Crippen molar-refractivity contribution in [2.75, 3.05) is 6.54 Å². The summed E-state index contributed by atoms with van der Waals surface area (Å²) in [5, 5.41) is 11.7. The number of aromatic amines is 1. The van der Waals surface area contributed by atoms with Crippen molar-refractivity contribution in [3.05, 3.63) is 35.4 Å². The second-order valence-corrected chi connectivity index (χ2v) is 7.24. The third kappa shape index (κ3) is 2.95. The number of hydrogen-bond acceptors (Lipinski definition) is 5. The predicted molar refractivity (Wildman–Crippen MR) is 96.4 cm³/mol. The molecular formula is C18H23N7O. The van der Waals surface area contributed by atoms with Gasteiger partial charge in [0.25, 0.3) is 0 Å². The first-order chi connectivity index (χ1) is 12.5. The molecule has 0 saturated carbocycles. The van der Waals surface area contributed by atoms with Crippen LogP contribution in [0, 0.1) is 6.92 Å². The number of imidazole rings is 1. The molecule has 1 fully saturated rings. The van der Waals surface area contributed by atoms with E-state index in [9.17, 15) is 4.79 Å². The summed E-state index contributed by atoms with van der Waals surface area (Å²) < 4.78 is 1.60. The number of carbonyl (C=O) groups is 1. The molecule has 1 amide bonds. The molecule has 3 aromatic rings. The molecule has 0 radical (unpaired) electrons. The second-order valence-electron chi connectivity index (χ2n) is 7.24. The fraction of sp³-hybridized carbons (Fsp3) is 0.500. The number of hydrogen-bond donors (Lipinski definition) is 1. The third-order valence-corrected chi connectivity index (χ3v) is 4.91. The molecule has 1 N–H and O–H groups in total. The minimum atomic E-state index is -0.0193. The van der Waals surface area contributed by atoms with E-state index < -0.39 is 0 Å². The lowest BCUT2D eigenvalue weighted by molar-refractivity contribution is -0.133. The second kappa shape index (κ2) is 6.51. The Hall–Kier alpha value is -2.77. The number of aryl methyl sites for hydroxylation is 1. The van der Waals surface area contributed by atoms with Crippen molar-refractivity contribution in [1.29, 1.82) is 0 Å². The number of amides is 1. The zero-order chi connectivity index (χ0) is 18.3. The standard InChI is InChI=1S/C18H23N7O/c1-11(2)18-21-22-23-25(18)10-16(26)24-8-4-5-15(24)17-19-13-7-6-12(3)9-14(13)20-17/h6-7,9,11,15H,4-5,8,10H2,1-3H3,(H,19,20). The fourth-order valence-electron chi connectivity index (χ4n) is 3.61. The highest BCUT2D eigenvalue weighted by molar-refractivity contribution is 5.78. The number of nitrogens with one attached hydrogen (secondary N) is 1. The van der Waals surface area contributed by atoms with Gasteiger partial charge in [-0.05, 0) is 47.9 Å². The molecule has 8 heteroatoms. The normalized spacial score (nSPS) is 17.5. The zero-order valence-corrected chi connectivity index (χ0v) is 15.3.